The van der Waals surface area contributed by atoms with E-state index in [1.807, 2.05) is 42.2 Å². The Morgan fingerprint density at radius 2 is 2.21 bits per heavy atom. The van der Waals surface area contributed by atoms with E-state index in [9.17, 15) is 4.79 Å². The Labute approximate surface area is 114 Å². The summed E-state index contributed by atoms with van der Waals surface area (Å²) >= 11 is 0. The van der Waals surface area contributed by atoms with E-state index in [1.165, 1.54) is 0 Å². The van der Waals surface area contributed by atoms with Crippen LogP contribution < -0.4 is 10.1 Å². The van der Waals surface area contributed by atoms with Gasteiger partial charge in [0.25, 0.3) is 0 Å². The molecule has 4 nitrogen and oxygen atoms in total. The highest BCUT2D eigenvalue weighted by molar-refractivity contribution is 5.74. The molecule has 0 unspecified atom stereocenters. The number of urea groups is 1. The van der Waals surface area contributed by atoms with Crippen molar-refractivity contribution in [1.29, 1.82) is 0 Å². The topological polar surface area (TPSA) is 41.6 Å². The van der Waals surface area contributed by atoms with Crippen molar-refractivity contribution in [2.45, 2.75) is 19.8 Å². The predicted octanol–water partition coefficient (Wildman–Crippen LogP) is 2.51. The van der Waals surface area contributed by atoms with Gasteiger partial charge in [-0.3, -0.25) is 0 Å². The number of ether oxygens (including phenoxy) is 1. The molecule has 2 amide bonds. The lowest BCUT2D eigenvalue weighted by Crippen LogP contribution is -2.38. The normalized spacial score (nSPS) is 18.4. The van der Waals surface area contributed by atoms with E-state index >= 15 is 0 Å². The molecule has 1 atom stereocenters. The maximum atomic E-state index is 11.7. The zero-order chi connectivity index (χ0) is 13.5. The number of nitrogens with one attached hydrogen (secondary N) is 1. The van der Waals surface area contributed by atoms with E-state index in [0.29, 0.717) is 12.5 Å². The molecule has 0 bridgehead atoms. The smallest absolute Gasteiger partial charge is 0.317 e. The molecule has 1 N–H and O–H groups in total. The molecule has 19 heavy (non-hydrogen) atoms. The maximum absolute atomic E-state index is 11.7. The molecule has 1 aromatic rings. The number of nitrogens with zero attached hydrogens (tertiary/aromatic N) is 1. The number of para-hydroxylation sites is 1. The zero-order valence-corrected chi connectivity index (χ0v) is 11.5. The quantitative estimate of drug-likeness (QED) is 0.886. The third-order valence-electron chi connectivity index (χ3n) is 3.44. The summed E-state index contributed by atoms with van der Waals surface area (Å²) in [4.78, 5) is 13.6. The van der Waals surface area contributed by atoms with Crippen molar-refractivity contribution < 1.29 is 9.53 Å². The van der Waals surface area contributed by atoms with Gasteiger partial charge in [-0.2, -0.15) is 0 Å². The number of carbonyl (C=O) groups is 1. The first kappa shape index (κ1) is 13.7. The molecule has 0 aromatic heterocycles. The third-order valence-corrected chi connectivity index (χ3v) is 3.44. The fourth-order valence-corrected chi connectivity index (χ4v) is 2.38. The highest BCUT2D eigenvalue weighted by Gasteiger charge is 2.25. The van der Waals surface area contributed by atoms with E-state index in [-0.39, 0.29) is 6.03 Å². The largest absolute Gasteiger partial charge is 0.494 e. The van der Waals surface area contributed by atoms with E-state index in [4.69, 9.17) is 4.74 Å². The summed E-state index contributed by atoms with van der Waals surface area (Å²) in [6.07, 6.45) is 2.08. The van der Waals surface area contributed by atoms with E-state index in [2.05, 4.69) is 5.32 Å². The van der Waals surface area contributed by atoms with Crippen LogP contribution in [0.25, 0.3) is 0 Å². The lowest BCUT2D eigenvalue weighted by molar-refractivity contribution is 0.206. The van der Waals surface area contributed by atoms with Gasteiger partial charge in [0.05, 0.1) is 6.61 Å². The first-order valence-electron chi connectivity index (χ1n) is 7.00. The highest BCUT2D eigenvalue weighted by Crippen LogP contribution is 2.20. The predicted molar refractivity (Wildman–Crippen MR) is 75.3 cm³/mol. The minimum atomic E-state index is 0.0639. The average Bonchev–Trinajstić information content (AvgIpc) is 2.89. The summed E-state index contributed by atoms with van der Waals surface area (Å²) in [5.41, 5.74) is 0. The van der Waals surface area contributed by atoms with E-state index in [0.717, 1.165) is 38.3 Å². The number of hydrogen-bond donors (Lipinski definition) is 1. The van der Waals surface area contributed by atoms with Crippen LogP contribution in [0.3, 0.4) is 0 Å². The van der Waals surface area contributed by atoms with Crippen LogP contribution in [0.2, 0.25) is 0 Å². The molecule has 0 aliphatic carbocycles. The molecule has 1 saturated heterocycles. The minimum Gasteiger partial charge on any atom is -0.494 e. The Morgan fingerprint density at radius 1 is 1.42 bits per heavy atom. The number of hydrogen-bond acceptors (Lipinski definition) is 2. The van der Waals surface area contributed by atoms with Crippen LogP contribution in [0.1, 0.15) is 19.8 Å². The van der Waals surface area contributed by atoms with Crippen LogP contribution in [0.4, 0.5) is 4.79 Å². The monoisotopic (exact) mass is 262 g/mol. The SMILES string of the molecule is CCNC(=O)N1CC[C@H](CCOc2ccccc2)C1. The van der Waals surface area contributed by atoms with Crippen molar-refractivity contribution in [2.75, 3.05) is 26.2 Å². The van der Waals surface area contributed by atoms with Crippen molar-refractivity contribution in [3.8, 4) is 5.75 Å². The lowest BCUT2D eigenvalue weighted by Gasteiger charge is -2.16. The first-order valence-corrected chi connectivity index (χ1v) is 7.00. The summed E-state index contributed by atoms with van der Waals surface area (Å²) in [6, 6.07) is 9.93. The van der Waals surface area contributed by atoms with Gasteiger partial charge in [0.1, 0.15) is 5.75 Å². The van der Waals surface area contributed by atoms with E-state index in [1.54, 1.807) is 0 Å². The van der Waals surface area contributed by atoms with Gasteiger partial charge in [0.2, 0.25) is 0 Å². The number of rotatable bonds is 5. The van der Waals surface area contributed by atoms with Crippen molar-refractivity contribution in [3.05, 3.63) is 30.3 Å². The Balaban J connectivity index is 1.67. The van der Waals surface area contributed by atoms with Crippen LogP contribution in [0.15, 0.2) is 30.3 Å². The fraction of sp³-hybridized carbons (Fsp3) is 0.533. The minimum absolute atomic E-state index is 0.0639. The second kappa shape index (κ2) is 7.02. The van der Waals surface area contributed by atoms with Gasteiger partial charge in [-0.25, -0.2) is 4.79 Å². The summed E-state index contributed by atoms with van der Waals surface area (Å²) < 4.78 is 5.69. The Bertz CT molecular complexity index is 394. The number of likely N-dealkylation sites (tertiary alicyclic amines) is 1. The molecule has 0 saturated carbocycles. The molecule has 1 aliphatic heterocycles. The zero-order valence-electron chi connectivity index (χ0n) is 11.5. The highest BCUT2D eigenvalue weighted by atomic mass is 16.5. The Kier molecular flexibility index (Phi) is 5.07. The van der Waals surface area contributed by atoms with Gasteiger partial charge in [-0.15, -0.1) is 0 Å². The Morgan fingerprint density at radius 3 is 2.95 bits per heavy atom. The van der Waals surface area contributed by atoms with Gasteiger partial charge < -0.3 is 15.0 Å². The molecule has 4 heteroatoms. The van der Waals surface area contributed by atoms with Crippen molar-refractivity contribution in [2.24, 2.45) is 5.92 Å². The van der Waals surface area contributed by atoms with Gasteiger partial charge >= 0.3 is 6.03 Å². The third kappa shape index (κ3) is 4.16. The fourth-order valence-electron chi connectivity index (χ4n) is 2.38. The second-order valence-electron chi connectivity index (χ2n) is 4.89. The summed E-state index contributed by atoms with van der Waals surface area (Å²) in [7, 11) is 0. The number of amides is 2. The number of benzene rings is 1. The molecule has 1 aliphatic rings. The van der Waals surface area contributed by atoms with Gasteiger partial charge in [0, 0.05) is 19.6 Å². The van der Waals surface area contributed by atoms with Crippen molar-refractivity contribution >= 4 is 6.03 Å². The number of carbonyl (C=O) groups excluding carboxylic acids is 1. The van der Waals surface area contributed by atoms with Crippen LogP contribution in [-0.2, 0) is 0 Å². The average molecular weight is 262 g/mol. The van der Waals surface area contributed by atoms with Gasteiger partial charge in [0.15, 0.2) is 0 Å². The second-order valence-corrected chi connectivity index (χ2v) is 4.89. The van der Waals surface area contributed by atoms with Crippen molar-refractivity contribution in [3.63, 3.8) is 0 Å². The van der Waals surface area contributed by atoms with Gasteiger partial charge in [-0.1, -0.05) is 18.2 Å². The standard InChI is InChI=1S/C15H22N2O2/c1-2-16-15(18)17-10-8-13(12-17)9-11-19-14-6-4-3-5-7-14/h3-7,13H,2,8-12H2,1H3,(H,16,18)/t13-/m1/s1. The molecule has 0 spiro atoms. The molecule has 1 fully saturated rings. The molecular weight excluding hydrogens is 240 g/mol. The van der Waals surface area contributed by atoms with Crippen LogP contribution in [-0.4, -0.2) is 37.2 Å². The van der Waals surface area contributed by atoms with Gasteiger partial charge in [-0.05, 0) is 37.8 Å². The molecule has 1 aromatic carbocycles. The molecule has 2 rings (SSSR count). The van der Waals surface area contributed by atoms with Crippen LogP contribution in [0, 0.1) is 5.92 Å². The molecule has 104 valence electrons. The summed E-state index contributed by atoms with van der Waals surface area (Å²) in [5.74, 6) is 1.48. The van der Waals surface area contributed by atoms with Crippen molar-refractivity contribution in [1.82, 2.24) is 10.2 Å². The van der Waals surface area contributed by atoms with Crippen LogP contribution in [0.5, 0.6) is 5.75 Å². The summed E-state index contributed by atoms with van der Waals surface area (Å²) in [5, 5.41) is 2.85. The van der Waals surface area contributed by atoms with E-state index < -0.39 is 0 Å². The first-order chi connectivity index (χ1) is 9.29. The molecule has 0 radical (unpaired) electrons. The maximum Gasteiger partial charge on any atom is 0.317 e. The Hall–Kier alpha value is -1.71. The lowest BCUT2D eigenvalue weighted by atomic mass is 10.1. The molecular formula is C15H22N2O2. The van der Waals surface area contributed by atoms with Crippen LogP contribution >= 0.6 is 0 Å². The molecule has 1 heterocycles. The summed E-state index contributed by atoms with van der Waals surface area (Å²) in [6.45, 7) is 5.07.